The van der Waals surface area contributed by atoms with Crippen molar-refractivity contribution in [3.05, 3.63) is 64.8 Å². The van der Waals surface area contributed by atoms with E-state index in [1.165, 1.54) is 4.68 Å². The molecule has 9 heteroatoms. The largest absolute Gasteiger partial charge is 0.341 e. The predicted octanol–water partition coefficient (Wildman–Crippen LogP) is 1.80. The summed E-state index contributed by atoms with van der Waals surface area (Å²) in [6.45, 7) is 2.90. The first-order valence-electron chi connectivity index (χ1n) is 10.1. The minimum Gasteiger partial charge on any atom is -0.341 e. The molecule has 4 aromatic rings. The third kappa shape index (κ3) is 3.02. The Kier molecular flexibility index (Phi) is 4.50. The molecule has 1 saturated heterocycles. The Morgan fingerprint density at radius 2 is 1.80 bits per heavy atom. The molecule has 3 aromatic heterocycles. The SMILES string of the molecule is C[C@H](C(=O)N1CCC(c2nnc3ccccn23)CC1)n1nnc2ccccc2c1=O. The van der Waals surface area contributed by atoms with Crippen LogP contribution < -0.4 is 5.56 Å². The van der Waals surface area contributed by atoms with E-state index in [-0.39, 0.29) is 17.4 Å². The standard InChI is InChI=1S/C21H21N7O2/c1-14(28-21(30)16-6-2-3-7-17(16)22-25-28)20(29)26-12-9-15(10-13-26)19-24-23-18-8-4-5-11-27(18)19/h2-8,11,14-15H,9-10,12-13H2,1H3/t14-/m1/s1. The first-order chi connectivity index (χ1) is 14.6. The molecule has 4 heterocycles. The molecule has 0 bridgehead atoms. The van der Waals surface area contributed by atoms with Gasteiger partial charge in [-0.2, -0.15) is 4.68 Å². The Morgan fingerprint density at radius 1 is 1.03 bits per heavy atom. The van der Waals surface area contributed by atoms with Crippen LogP contribution in [0.1, 0.15) is 37.5 Å². The molecule has 0 spiro atoms. The summed E-state index contributed by atoms with van der Waals surface area (Å²) < 4.78 is 3.19. The number of carbonyl (C=O) groups excluding carboxylic acids is 1. The summed E-state index contributed by atoms with van der Waals surface area (Å²) >= 11 is 0. The van der Waals surface area contributed by atoms with Gasteiger partial charge in [-0.1, -0.05) is 23.4 Å². The lowest BCUT2D eigenvalue weighted by atomic mass is 9.95. The van der Waals surface area contributed by atoms with Crippen LogP contribution >= 0.6 is 0 Å². The van der Waals surface area contributed by atoms with Gasteiger partial charge in [0.15, 0.2) is 5.65 Å². The van der Waals surface area contributed by atoms with Gasteiger partial charge in [0.1, 0.15) is 17.4 Å². The molecule has 0 radical (unpaired) electrons. The van der Waals surface area contributed by atoms with Gasteiger partial charge in [0.25, 0.3) is 5.56 Å². The number of hydrogen-bond donors (Lipinski definition) is 0. The van der Waals surface area contributed by atoms with Crippen molar-refractivity contribution in [1.82, 2.24) is 34.5 Å². The summed E-state index contributed by atoms with van der Waals surface area (Å²) in [4.78, 5) is 27.6. The van der Waals surface area contributed by atoms with E-state index in [9.17, 15) is 9.59 Å². The summed E-state index contributed by atoms with van der Waals surface area (Å²) in [5.74, 6) is 1.05. The molecule has 0 N–H and O–H groups in total. The summed E-state index contributed by atoms with van der Waals surface area (Å²) in [5.41, 5.74) is 1.06. The van der Waals surface area contributed by atoms with Crippen molar-refractivity contribution in [3.63, 3.8) is 0 Å². The molecule has 5 rings (SSSR count). The number of pyridine rings is 1. The summed E-state index contributed by atoms with van der Waals surface area (Å²) in [6.07, 6.45) is 3.56. The lowest BCUT2D eigenvalue weighted by Crippen LogP contribution is -2.44. The number of hydrogen-bond acceptors (Lipinski definition) is 6. The maximum Gasteiger partial charge on any atom is 0.278 e. The highest BCUT2D eigenvalue weighted by molar-refractivity contribution is 5.81. The lowest BCUT2D eigenvalue weighted by Gasteiger charge is -2.32. The third-order valence-electron chi connectivity index (χ3n) is 5.83. The van der Waals surface area contributed by atoms with Crippen molar-refractivity contribution in [2.45, 2.75) is 31.7 Å². The zero-order valence-electron chi connectivity index (χ0n) is 16.5. The number of carbonyl (C=O) groups is 1. The lowest BCUT2D eigenvalue weighted by molar-refractivity contribution is -0.135. The molecule has 1 aliphatic rings. The fraction of sp³-hybridized carbons (Fsp3) is 0.333. The van der Waals surface area contributed by atoms with Gasteiger partial charge < -0.3 is 4.90 Å². The number of piperidine rings is 1. The maximum atomic E-state index is 13.1. The molecule has 9 nitrogen and oxygen atoms in total. The summed E-state index contributed by atoms with van der Waals surface area (Å²) in [7, 11) is 0. The van der Waals surface area contributed by atoms with E-state index in [1.807, 2.05) is 28.8 Å². The van der Waals surface area contributed by atoms with Crippen molar-refractivity contribution in [1.29, 1.82) is 0 Å². The fourth-order valence-corrected chi connectivity index (χ4v) is 4.12. The highest BCUT2D eigenvalue weighted by Gasteiger charge is 2.30. The van der Waals surface area contributed by atoms with Gasteiger partial charge in [-0.3, -0.25) is 14.0 Å². The molecule has 0 unspecified atom stereocenters. The van der Waals surface area contributed by atoms with Crippen LogP contribution in [0.15, 0.2) is 53.5 Å². The Morgan fingerprint density at radius 3 is 2.63 bits per heavy atom. The second kappa shape index (κ2) is 7.33. The summed E-state index contributed by atoms with van der Waals surface area (Å²) in [5, 5.41) is 17.1. The molecule has 0 saturated carbocycles. The predicted molar refractivity (Wildman–Crippen MR) is 110 cm³/mol. The molecule has 1 atom stereocenters. The van der Waals surface area contributed by atoms with Gasteiger partial charge in [-0.05, 0) is 44.0 Å². The average Bonchev–Trinajstić information content (AvgIpc) is 3.23. The second-order valence-corrected chi connectivity index (χ2v) is 7.62. The van der Waals surface area contributed by atoms with Crippen molar-refractivity contribution in [3.8, 4) is 0 Å². The van der Waals surface area contributed by atoms with E-state index in [4.69, 9.17) is 0 Å². The molecular weight excluding hydrogens is 382 g/mol. The topological polar surface area (TPSA) is 98.3 Å². The maximum absolute atomic E-state index is 13.1. The van der Waals surface area contributed by atoms with Crippen LogP contribution in [0.3, 0.4) is 0 Å². The minimum absolute atomic E-state index is 0.119. The molecule has 1 aliphatic heterocycles. The van der Waals surface area contributed by atoms with E-state index >= 15 is 0 Å². The van der Waals surface area contributed by atoms with Crippen LogP contribution in [-0.2, 0) is 4.79 Å². The van der Waals surface area contributed by atoms with E-state index in [0.717, 1.165) is 24.3 Å². The van der Waals surface area contributed by atoms with Gasteiger partial charge in [0.05, 0.1) is 5.39 Å². The van der Waals surface area contributed by atoms with Crippen molar-refractivity contribution < 1.29 is 4.79 Å². The van der Waals surface area contributed by atoms with Crippen LogP contribution in [0.25, 0.3) is 16.6 Å². The average molecular weight is 403 g/mol. The van der Waals surface area contributed by atoms with Gasteiger partial charge in [0, 0.05) is 25.2 Å². The van der Waals surface area contributed by atoms with E-state index < -0.39 is 6.04 Å². The van der Waals surface area contributed by atoms with Gasteiger partial charge in [0.2, 0.25) is 5.91 Å². The number of aromatic nitrogens is 6. The number of likely N-dealkylation sites (tertiary alicyclic amines) is 1. The van der Waals surface area contributed by atoms with Crippen molar-refractivity contribution in [2.24, 2.45) is 0 Å². The highest BCUT2D eigenvalue weighted by Crippen LogP contribution is 2.28. The van der Waals surface area contributed by atoms with Crippen LogP contribution in [0.2, 0.25) is 0 Å². The van der Waals surface area contributed by atoms with Gasteiger partial charge in [-0.15, -0.1) is 15.3 Å². The fourth-order valence-electron chi connectivity index (χ4n) is 4.12. The molecule has 30 heavy (non-hydrogen) atoms. The van der Waals surface area contributed by atoms with Crippen LogP contribution in [-0.4, -0.2) is 53.5 Å². The number of amides is 1. The zero-order valence-corrected chi connectivity index (χ0v) is 16.5. The quantitative estimate of drug-likeness (QED) is 0.517. The molecular formula is C21H21N7O2. The zero-order chi connectivity index (χ0) is 20.7. The number of rotatable bonds is 3. The molecule has 152 valence electrons. The number of fused-ring (bicyclic) bond motifs is 2. The van der Waals surface area contributed by atoms with E-state index in [2.05, 4.69) is 20.5 Å². The van der Waals surface area contributed by atoms with E-state index in [1.54, 1.807) is 36.1 Å². The van der Waals surface area contributed by atoms with Crippen LogP contribution in [0.4, 0.5) is 0 Å². The normalized spacial score (nSPS) is 16.2. The minimum atomic E-state index is -0.708. The number of nitrogens with zero attached hydrogens (tertiary/aromatic N) is 7. The smallest absolute Gasteiger partial charge is 0.278 e. The first-order valence-corrected chi connectivity index (χ1v) is 10.1. The first kappa shape index (κ1) is 18.4. The molecule has 1 aromatic carbocycles. The Bertz CT molecular complexity index is 1290. The Labute approximate surface area is 171 Å². The number of benzene rings is 1. The Balaban J connectivity index is 1.32. The van der Waals surface area contributed by atoms with Crippen LogP contribution in [0.5, 0.6) is 0 Å². The molecule has 1 fully saturated rings. The van der Waals surface area contributed by atoms with E-state index in [0.29, 0.717) is 24.0 Å². The second-order valence-electron chi connectivity index (χ2n) is 7.62. The van der Waals surface area contributed by atoms with Crippen molar-refractivity contribution in [2.75, 3.05) is 13.1 Å². The Hall–Kier alpha value is -3.62. The molecule has 0 aliphatic carbocycles. The summed E-state index contributed by atoms with van der Waals surface area (Å²) in [6, 6.07) is 12.1. The monoisotopic (exact) mass is 403 g/mol. The highest BCUT2D eigenvalue weighted by atomic mass is 16.2. The molecule has 1 amide bonds. The van der Waals surface area contributed by atoms with Gasteiger partial charge >= 0.3 is 0 Å². The van der Waals surface area contributed by atoms with Gasteiger partial charge in [-0.25, -0.2) is 0 Å². The van der Waals surface area contributed by atoms with Crippen molar-refractivity contribution >= 4 is 22.5 Å². The third-order valence-corrected chi connectivity index (χ3v) is 5.83. The van der Waals surface area contributed by atoms with Crippen LogP contribution in [0, 0.1) is 0 Å².